The van der Waals surface area contributed by atoms with Gasteiger partial charge in [-0.25, -0.2) is 9.59 Å². The number of aryl methyl sites for hydroxylation is 2. The van der Waals surface area contributed by atoms with E-state index in [0.29, 0.717) is 16.7 Å². The summed E-state index contributed by atoms with van der Waals surface area (Å²) in [4.78, 5) is 53.0. The minimum Gasteiger partial charge on any atom is -0.507 e. The number of benzene rings is 2. The SMILES string of the molecule is CC(=O)N[C@H]1[C@H]([C@H](O)[C@H](O)CNC(=O)c2cc(C)c(O)c(C)c2)O[C@@](CC2OC(C)(C)O[C@H]2c2cccc3c2CN(C(=O)OC(C)(C)C)C3)(C(=O)O)C[C@@H]1O. The van der Waals surface area contributed by atoms with Crippen molar-refractivity contribution in [2.75, 3.05) is 6.54 Å². The number of nitrogens with one attached hydrogen (secondary N) is 2. The van der Waals surface area contributed by atoms with Crippen LogP contribution in [-0.2, 0) is 41.6 Å². The van der Waals surface area contributed by atoms with E-state index in [0.717, 1.165) is 11.1 Å². The Hall–Kier alpha value is -4.32. The summed E-state index contributed by atoms with van der Waals surface area (Å²) in [6.45, 7) is 13.1. The maximum absolute atomic E-state index is 13.3. The molecule has 0 aromatic heterocycles. The van der Waals surface area contributed by atoms with E-state index in [2.05, 4.69) is 10.6 Å². The Balaban J connectivity index is 1.40. The van der Waals surface area contributed by atoms with Crippen LogP contribution >= 0.6 is 0 Å². The molecular formula is C39H53N3O13. The van der Waals surface area contributed by atoms with E-state index in [1.807, 2.05) is 12.1 Å². The number of aliphatic hydroxyl groups excluding tert-OH is 3. The van der Waals surface area contributed by atoms with Gasteiger partial charge in [0.2, 0.25) is 5.91 Å². The number of phenolic OH excluding ortho intramolecular Hbond substituents is 1. The predicted octanol–water partition coefficient (Wildman–Crippen LogP) is 2.47. The van der Waals surface area contributed by atoms with Crippen LogP contribution in [0.1, 0.15) is 98.7 Å². The highest BCUT2D eigenvalue weighted by Crippen LogP contribution is 2.47. The Labute approximate surface area is 319 Å². The number of aromatic hydroxyl groups is 1. The molecule has 55 heavy (non-hydrogen) atoms. The van der Waals surface area contributed by atoms with Crippen LogP contribution in [0.2, 0.25) is 0 Å². The number of carbonyl (C=O) groups excluding carboxylic acids is 3. The Bertz CT molecular complexity index is 1790. The van der Waals surface area contributed by atoms with Gasteiger partial charge in [0.25, 0.3) is 5.91 Å². The lowest BCUT2D eigenvalue weighted by Gasteiger charge is -2.48. The van der Waals surface area contributed by atoms with Gasteiger partial charge >= 0.3 is 12.1 Å². The number of hydrogen-bond acceptors (Lipinski definition) is 12. The summed E-state index contributed by atoms with van der Waals surface area (Å²) in [5, 5.41) is 59.9. The van der Waals surface area contributed by atoms with Gasteiger partial charge in [-0.1, -0.05) is 18.2 Å². The van der Waals surface area contributed by atoms with Crippen LogP contribution in [-0.4, -0.2) is 114 Å². The minimum absolute atomic E-state index is 0.0351. The summed E-state index contributed by atoms with van der Waals surface area (Å²) in [5.74, 6) is -3.88. The predicted molar refractivity (Wildman–Crippen MR) is 195 cm³/mol. The lowest BCUT2D eigenvalue weighted by Crippen LogP contribution is -2.68. The van der Waals surface area contributed by atoms with Gasteiger partial charge in [0, 0.05) is 38.4 Å². The molecule has 3 heterocycles. The number of amides is 3. The number of nitrogens with zero attached hydrogens (tertiary/aromatic N) is 1. The van der Waals surface area contributed by atoms with Gasteiger partial charge in [-0.3, -0.25) is 14.5 Å². The molecule has 16 nitrogen and oxygen atoms in total. The number of rotatable bonds is 10. The highest BCUT2D eigenvalue weighted by molar-refractivity contribution is 5.95. The molecule has 1 unspecified atom stereocenters. The Morgan fingerprint density at radius 1 is 1.04 bits per heavy atom. The molecule has 8 atom stereocenters. The summed E-state index contributed by atoms with van der Waals surface area (Å²) < 4.78 is 24.5. The zero-order valence-electron chi connectivity index (χ0n) is 32.4. The van der Waals surface area contributed by atoms with Gasteiger partial charge in [0.15, 0.2) is 11.4 Å². The van der Waals surface area contributed by atoms with Gasteiger partial charge in [-0.15, -0.1) is 0 Å². The molecule has 3 aliphatic rings. The van der Waals surface area contributed by atoms with Crippen molar-refractivity contribution in [2.45, 2.75) is 141 Å². The van der Waals surface area contributed by atoms with Crippen LogP contribution in [0.4, 0.5) is 4.79 Å². The average Bonchev–Trinajstić information content (AvgIpc) is 3.65. The van der Waals surface area contributed by atoms with Crippen molar-refractivity contribution in [1.82, 2.24) is 15.5 Å². The normalized spacial score (nSPS) is 27.2. The minimum atomic E-state index is -2.22. The number of phenols is 1. The van der Waals surface area contributed by atoms with Gasteiger partial charge in [-0.05, 0) is 88.4 Å². The Kier molecular flexibility index (Phi) is 11.9. The summed E-state index contributed by atoms with van der Waals surface area (Å²) in [7, 11) is 0. The summed E-state index contributed by atoms with van der Waals surface area (Å²) in [6.07, 6.45) is -10.2. The third-order valence-electron chi connectivity index (χ3n) is 10.1. The number of carboxylic acid groups (broad SMARTS) is 1. The molecule has 0 aliphatic carbocycles. The highest BCUT2D eigenvalue weighted by atomic mass is 16.8. The average molecular weight is 772 g/mol. The molecule has 2 fully saturated rings. The number of carboxylic acids is 1. The number of hydrogen-bond donors (Lipinski definition) is 7. The smallest absolute Gasteiger partial charge is 0.410 e. The third kappa shape index (κ3) is 9.22. The van der Waals surface area contributed by atoms with Crippen molar-refractivity contribution < 1.29 is 63.7 Å². The van der Waals surface area contributed by atoms with Crippen molar-refractivity contribution >= 4 is 23.9 Å². The first-order valence-corrected chi connectivity index (χ1v) is 18.3. The molecule has 3 amide bonds. The molecular weight excluding hydrogens is 718 g/mol. The number of aliphatic hydroxyl groups is 3. The lowest BCUT2D eigenvalue weighted by atomic mass is 9.79. The molecule has 7 N–H and O–H groups in total. The van der Waals surface area contributed by atoms with Crippen molar-refractivity contribution in [3.63, 3.8) is 0 Å². The molecule has 2 aromatic rings. The largest absolute Gasteiger partial charge is 0.507 e. The van der Waals surface area contributed by atoms with E-state index in [9.17, 15) is 44.7 Å². The molecule has 2 saturated heterocycles. The van der Waals surface area contributed by atoms with Crippen LogP contribution < -0.4 is 10.6 Å². The molecule has 2 aromatic carbocycles. The maximum atomic E-state index is 13.3. The number of aliphatic carboxylic acids is 1. The topological polar surface area (TPSA) is 234 Å². The second kappa shape index (κ2) is 15.7. The van der Waals surface area contributed by atoms with E-state index in [-0.39, 0.29) is 24.4 Å². The zero-order valence-corrected chi connectivity index (χ0v) is 32.4. The molecule has 0 radical (unpaired) electrons. The van der Waals surface area contributed by atoms with Crippen molar-refractivity contribution in [2.24, 2.45) is 0 Å². The van der Waals surface area contributed by atoms with Crippen LogP contribution in [0.15, 0.2) is 30.3 Å². The summed E-state index contributed by atoms with van der Waals surface area (Å²) >= 11 is 0. The maximum Gasteiger partial charge on any atom is 0.410 e. The molecule has 0 bridgehead atoms. The number of carbonyl (C=O) groups is 4. The highest BCUT2D eigenvalue weighted by Gasteiger charge is 2.58. The fourth-order valence-electron chi connectivity index (χ4n) is 7.59. The molecule has 5 rings (SSSR count). The van der Waals surface area contributed by atoms with Crippen molar-refractivity contribution in [3.05, 3.63) is 63.7 Å². The molecule has 16 heteroatoms. The fraction of sp³-hybridized carbons (Fsp3) is 0.590. The van der Waals surface area contributed by atoms with E-state index in [4.69, 9.17) is 18.9 Å². The van der Waals surface area contributed by atoms with E-state index >= 15 is 0 Å². The van der Waals surface area contributed by atoms with Gasteiger partial charge in [0.1, 0.15) is 29.7 Å². The summed E-state index contributed by atoms with van der Waals surface area (Å²) in [5.41, 5.74) is 0.484. The van der Waals surface area contributed by atoms with Gasteiger partial charge < -0.3 is 55.1 Å². The Morgan fingerprint density at radius 2 is 1.69 bits per heavy atom. The number of fused-ring (bicyclic) bond motifs is 1. The number of ether oxygens (including phenoxy) is 4. The lowest BCUT2D eigenvalue weighted by molar-refractivity contribution is -0.236. The first-order valence-electron chi connectivity index (χ1n) is 18.3. The zero-order chi connectivity index (χ0) is 40.8. The van der Waals surface area contributed by atoms with Crippen molar-refractivity contribution in [3.8, 4) is 5.75 Å². The van der Waals surface area contributed by atoms with E-state index < -0.39 is 103 Å². The Morgan fingerprint density at radius 3 is 2.29 bits per heavy atom. The monoisotopic (exact) mass is 771 g/mol. The van der Waals surface area contributed by atoms with Gasteiger partial charge in [-0.2, -0.15) is 0 Å². The van der Waals surface area contributed by atoms with E-state index in [1.165, 1.54) is 19.1 Å². The molecule has 3 aliphatic heterocycles. The van der Waals surface area contributed by atoms with Crippen LogP contribution in [0, 0.1) is 13.8 Å². The van der Waals surface area contributed by atoms with E-state index in [1.54, 1.807) is 59.4 Å². The molecule has 302 valence electrons. The van der Waals surface area contributed by atoms with Crippen molar-refractivity contribution in [1.29, 1.82) is 0 Å². The molecule has 0 saturated carbocycles. The first kappa shape index (κ1) is 41.8. The quantitative estimate of drug-likeness (QED) is 0.184. The summed E-state index contributed by atoms with van der Waals surface area (Å²) in [6, 6.07) is 7.07. The molecule has 0 spiro atoms. The van der Waals surface area contributed by atoms with Crippen LogP contribution in [0.5, 0.6) is 5.75 Å². The van der Waals surface area contributed by atoms with Crippen LogP contribution in [0.3, 0.4) is 0 Å². The second-order valence-electron chi connectivity index (χ2n) is 16.2. The third-order valence-corrected chi connectivity index (χ3v) is 10.1. The van der Waals surface area contributed by atoms with Crippen LogP contribution in [0.25, 0.3) is 0 Å². The van der Waals surface area contributed by atoms with Gasteiger partial charge in [0.05, 0.1) is 30.9 Å². The fourth-order valence-corrected chi connectivity index (χ4v) is 7.59. The standard InChI is InChI=1S/C39H53N3O13/c1-19-12-23(13-20(2)30(19)46)34(48)40-16-27(45)31(47)33-29(41-21(3)43)26(44)14-39(54-33,35(49)50)15-28-32(53-38(7,8)52-28)24-11-9-10-22-17-42(18-25(22)24)36(51)55-37(4,5)6/h9-13,26-29,31-33,44-47H,14-18H2,1-8H3,(H,40,48)(H,41,43)(H,49,50)/t26-,27+,28?,29+,31+,32-,33+,39-/m0/s1. The first-order chi connectivity index (χ1) is 25.5. The second-order valence-corrected chi connectivity index (χ2v) is 16.2.